The van der Waals surface area contributed by atoms with Gasteiger partial charge in [0.15, 0.2) is 5.82 Å². The zero-order valence-electron chi connectivity index (χ0n) is 16.2. The Bertz CT molecular complexity index is 1020. The molecule has 1 saturated carbocycles. The summed E-state index contributed by atoms with van der Waals surface area (Å²) in [5, 5.41) is 10.2. The Morgan fingerprint density at radius 2 is 1.93 bits per heavy atom. The molecule has 0 spiro atoms. The predicted molar refractivity (Wildman–Crippen MR) is 119 cm³/mol. The summed E-state index contributed by atoms with van der Waals surface area (Å²) in [6, 6.07) is 15.9. The highest BCUT2D eigenvalue weighted by molar-refractivity contribution is 9.10. The second-order valence-corrected chi connectivity index (χ2v) is 8.53. The molecule has 0 amide bonds. The lowest BCUT2D eigenvalue weighted by molar-refractivity contribution is -0.136. The number of nitrogens with zero attached hydrogens (tertiary/aromatic N) is 3. The van der Waals surface area contributed by atoms with Gasteiger partial charge in [-0.1, -0.05) is 59.5 Å². The number of aliphatic carboxylic acids is 1. The van der Waals surface area contributed by atoms with Crippen LogP contribution in [-0.2, 0) is 4.79 Å². The van der Waals surface area contributed by atoms with Crippen molar-refractivity contribution in [2.24, 2.45) is 5.92 Å². The van der Waals surface area contributed by atoms with E-state index in [1.54, 1.807) is 0 Å². The summed E-state index contributed by atoms with van der Waals surface area (Å²) in [4.78, 5) is 23.1. The monoisotopic (exact) mass is 453 g/mol. The van der Waals surface area contributed by atoms with Crippen LogP contribution in [0.15, 0.2) is 53.0 Å². The Balaban J connectivity index is 1.75. The summed E-state index contributed by atoms with van der Waals surface area (Å²) in [7, 11) is 0. The number of anilines is 1. The molecule has 0 saturated heterocycles. The van der Waals surface area contributed by atoms with Crippen LogP contribution in [0.1, 0.15) is 32.1 Å². The number of rotatable bonds is 8. The van der Waals surface area contributed by atoms with Gasteiger partial charge in [0.25, 0.3) is 0 Å². The summed E-state index contributed by atoms with van der Waals surface area (Å²) >= 11 is 3.52. The number of para-hydroxylation sites is 1. The molecule has 1 aromatic heterocycles. The van der Waals surface area contributed by atoms with Gasteiger partial charge in [-0.3, -0.25) is 4.79 Å². The van der Waals surface area contributed by atoms with Gasteiger partial charge in [-0.25, -0.2) is 9.97 Å². The summed E-state index contributed by atoms with van der Waals surface area (Å²) in [5.74, 6) is 1.44. The molecule has 1 aliphatic rings. The molecule has 1 N–H and O–H groups in total. The van der Waals surface area contributed by atoms with E-state index in [0.29, 0.717) is 12.4 Å². The Hall–Kier alpha value is -2.47. The lowest BCUT2D eigenvalue weighted by Crippen LogP contribution is -2.31. The van der Waals surface area contributed by atoms with Gasteiger partial charge in [-0.15, -0.1) is 0 Å². The number of benzene rings is 2. The number of carboxylic acids is 1. The van der Waals surface area contributed by atoms with Crippen molar-refractivity contribution < 1.29 is 9.90 Å². The highest BCUT2D eigenvalue weighted by atomic mass is 79.9. The molecule has 0 bridgehead atoms. The number of hydrogen-bond acceptors (Lipinski definition) is 4. The fourth-order valence-corrected chi connectivity index (χ4v) is 4.13. The van der Waals surface area contributed by atoms with E-state index in [0.717, 1.165) is 45.6 Å². The van der Waals surface area contributed by atoms with Crippen LogP contribution < -0.4 is 4.90 Å². The first-order valence-electron chi connectivity index (χ1n) is 10.1. The molecule has 3 aromatic rings. The lowest BCUT2D eigenvalue weighted by Gasteiger charge is -2.30. The molecule has 0 radical (unpaired) electrons. The average Bonchev–Trinajstić information content (AvgIpc) is 2.68. The SMILES string of the molecule is O=C(O)CCN(CCC1CCC1)c1nc(-c2cccc(Br)c2)nc2ccccc12. The van der Waals surface area contributed by atoms with Crippen LogP contribution in [0.25, 0.3) is 22.3 Å². The van der Waals surface area contributed by atoms with Crippen molar-refractivity contribution in [2.75, 3.05) is 18.0 Å². The van der Waals surface area contributed by atoms with Crippen LogP contribution in [0.4, 0.5) is 5.82 Å². The standard InChI is InChI=1S/C23H24BrN3O2/c24-18-8-4-7-17(15-18)22-25-20-10-2-1-9-19(20)23(26-22)27(14-12-21(28)29)13-11-16-5-3-6-16/h1-2,4,7-10,15-16H,3,5-6,11-14H2,(H,28,29). The molecule has 0 aliphatic heterocycles. The van der Waals surface area contributed by atoms with Gasteiger partial charge in [-0.05, 0) is 36.6 Å². The number of carboxylic acid groups (broad SMARTS) is 1. The Kier molecular flexibility index (Phi) is 6.09. The molecule has 29 heavy (non-hydrogen) atoms. The first-order valence-corrected chi connectivity index (χ1v) is 10.9. The zero-order valence-corrected chi connectivity index (χ0v) is 17.8. The van der Waals surface area contributed by atoms with Gasteiger partial charge in [0.1, 0.15) is 5.82 Å². The highest BCUT2D eigenvalue weighted by Gasteiger charge is 2.21. The van der Waals surface area contributed by atoms with Gasteiger partial charge in [0.2, 0.25) is 0 Å². The molecule has 6 heteroatoms. The quantitative estimate of drug-likeness (QED) is 0.485. The van der Waals surface area contributed by atoms with Crippen molar-refractivity contribution >= 4 is 38.6 Å². The molecule has 0 atom stereocenters. The summed E-state index contributed by atoms with van der Waals surface area (Å²) in [6.07, 6.45) is 5.03. The minimum absolute atomic E-state index is 0.0925. The molecular formula is C23H24BrN3O2. The molecule has 5 nitrogen and oxygen atoms in total. The second kappa shape index (κ2) is 8.91. The maximum absolute atomic E-state index is 11.3. The molecule has 4 rings (SSSR count). The minimum atomic E-state index is -0.788. The number of fused-ring (bicyclic) bond motifs is 1. The third-order valence-corrected chi connectivity index (χ3v) is 6.09. The smallest absolute Gasteiger partial charge is 0.305 e. The normalized spacial score (nSPS) is 14.0. The van der Waals surface area contributed by atoms with Crippen molar-refractivity contribution in [2.45, 2.75) is 32.1 Å². The molecule has 1 heterocycles. The van der Waals surface area contributed by atoms with Crippen LogP contribution in [0.3, 0.4) is 0 Å². The van der Waals surface area contributed by atoms with Gasteiger partial charge in [-0.2, -0.15) is 0 Å². The van der Waals surface area contributed by atoms with Gasteiger partial charge in [0.05, 0.1) is 11.9 Å². The summed E-state index contributed by atoms with van der Waals surface area (Å²) < 4.78 is 0.973. The van der Waals surface area contributed by atoms with E-state index in [9.17, 15) is 9.90 Å². The number of halogens is 1. The van der Waals surface area contributed by atoms with E-state index >= 15 is 0 Å². The van der Waals surface area contributed by atoms with Crippen LogP contribution in [0.5, 0.6) is 0 Å². The molecule has 1 fully saturated rings. The van der Waals surface area contributed by atoms with E-state index in [2.05, 4.69) is 20.8 Å². The molecular weight excluding hydrogens is 430 g/mol. The van der Waals surface area contributed by atoms with Crippen molar-refractivity contribution in [3.63, 3.8) is 0 Å². The molecule has 2 aromatic carbocycles. The van der Waals surface area contributed by atoms with Gasteiger partial charge in [0, 0.05) is 28.5 Å². The van der Waals surface area contributed by atoms with Crippen molar-refractivity contribution in [3.05, 3.63) is 53.0 Å². The highest BCUT2D eigenvalue weighted by Crippen LogP contribution is 2.32. The average molecular weight is 454 g/mol. The van der Waals surface area contributed by atoms with Crippen LogP contribution >= 0.6 is 15.9 Å². The fourth-order valence-electron chi connectivity index (χ4n) is 3.73. The predicted octanol–water partition coefficient (Wildman–Crippen LogP) is 5.53. The second-order valence-electron chi connectivity index (χ2n) is 7.61. The number of hydrogen-bond donors (Lipinski definition) is 1. The van der Waals surface area contributed by atoms with E-state index < -0.39 is 5.97 Å². The molecule has 0 unspecified atom stereocenters. The number of carbonyl (C=O) groups is 1. The first kappa shape index (κ1) is 19.8. The molecule has 1 aliphatic carbocycles. The first-order chi connectivity index (χ1) is 14.1. The van der Waals surface area contributed by atoms with E-state index in [-0.39, 0.29) is 6.42 Å². The summed E-state index contributed by atoms with van der Waals surface area (Å²) in [6.45, 7) is 1.26. The topological polar surface area (TPSA) is 66.3 Å². The van der Waals surface area contributed by atoms with Crippen molar-refractivity contribution in [1.29, 1.82) is 0 Å². The van der Waals surface area contributed by atoms with Crippen molar-refractivity contribution in [1.82, 2.24) is 9.97 Å². The van der Waals surface area contributed by atoms with Gasteiger partial charge < -0.3 is 10.0 Å². The Morgan fingerprint density at radius 3 is 2.66 bits per heavy atom. The summed E-state index contributed by atoms with van der Waals surface area (Å²) in [5.41, 5.74) is 1.81. The van der Waals surface area contributed by atoms with E-state index in [4.69, 9.17) is 9.97 Å². The van der Waals surface area contributed by atoms with Crippen LogP contribution in [0, 0.1) is 5.92 Å². The molecule has 150 valence electrons. The van der Waals surface area contributed by atoms with Gasteiger partial charge >= 0.3 is 5.97 Å². The van der Waals surface area contributed by atoms with Crippen LogP contribution in [0.2, 0.25) is 0 Å². The third-order valence-electron chi connectivity index (χ3n) is 5.59. The van der Waals surface area contributed by atoms with Crippen LogP contribution in [-0.4, -0.2) is 34.1 Å². The minimum Gasteiger partial charge on any atom is -0.481 e. The Labute approximate surface area is 178 Å². The maximum Gasteiger partial charge on any atom is 0.305 e. The maximum atomic E-state index is 11.3. The van der Waals surface area contributed by atoms with Crippen molar-refractivity contribution in [3.8, 4) is 11.4 Å². The zero-order chi connectivity index (χ0) is 20.2. The number of aromatic nitrogens is 2. The van der Waals surface area contributed by atoms with E-state index in [1.165, 1.54) is 19.3 Å². The third kappa shape index (κ3) is 4.75. The lowest BCUT2D eigenvalue weighted by atomic mass is 9.83. The fraction of sp³-hybridized carbons (Fsp3) is 0.348. The van der Waals surface area contributed by atoms with E-state index in [1.807, 2.05) is 48.5 Å². The largest absolute Gasteiger partial charge is 0.481 e. The Morgan fingerprint density at radius 1 is 1.10 bits per heavy atom.